The van der Waals surface area contributed by atoms with Crippen LogP contribution in [0.1, 0.15) is 43.0 Å². The largest absolute Gasteiger partial charge is 0.359 e. The fourth-order valence-electron chi connectivity index (χ4n) is 1.84. The third-order valence-electron chi connectivity index (χ3n) is 3.00. The molecule has 0 saturated heterocycles. The van der Waals surface area contributed by atoms with Crippen LogP contribution >= 0.6 is 11.3 Å². The van der Waals surface area contributed by atoms with Gasteiger partial charge < -0.3 is 5.32 Å². The summed E-state index contributed by atoms with van der Waals surface area (Å²) in [5, 5.41) is 15.3. The first kappa shape index (κ1) is 14.0. The van der Waals surface area contributed by atoms with Crippen molar-refractivity contribution in [1.82, 2.24) is 20.2 Å². The van der Waals surface area contributed by atoms with Crippen LogP contribution in [-0.4, -0.2) is 32.1 Å². The number of anilines is 2. The summed E-state index contributed by atoms with van der Waals surface area (Å²) in [6, 6.07) is 0.527. The molecular weight excluding hydrogens is 288 g/mol. The van der Waals surface area contributed by atoms with E-state index in [9.17, 15) is 4.79 Å². The van der Waals surface area contributed by atoms with Gasteiger partial charge in [-0.2, -0.15) is 4.98 Å². The second-order valence-electron chi connectivity index (χ2n) is 5.61. The molecule has 0 unspecified atom stereocenters. The van der Waals surface area contributed by atoms with Gasteiger partial charge in [-0.05, 0) is 18.8 Å². The van der Waals surface area contributed by atoms with Crippen molar-refractivity contribution in [3.8, 4) is 0 Å². The van der Waals surface area contributed by atoms with Crippen LogP contribution in [0.5, 0.6) is 0 Å². The van der Waals surface area contributed by atoms with E-state index in [1.165, 1.54) is 24.2 Å². The van der Waals surface area contributed by atoms with Gasteiger partial charge in [-0.1, -0.05) is 13.8 Å². The topological polar surface area (TPSA) is 95.6 Å². The molecule has 0 aliphatic heterocycles. The molecule has 21 heavy (non-hydrogen) atoms. The molecule has 1 fully saturated rings. The van der Waals surface area contributed by atoms with E-state index in [4.69, 9.17) is 0 Å². The van der Waals surface area contributed by atoms with Crippen LogP contribution in [0.2, 0.25) is 0 Å². The number of carbonyl (C=O) groups is 1. The van der Waals surface area contributed by atoms with E-state index in [1.807, 2.05) is 0 Å². The van der Waals surface area contributed by atoms with Crippen molar-refractivity contribution in [2.75, 3.05) is 10.6 Å². The second kappa shape index (κ2) is 5.80. The number of amides is 1. The lowest BCUT2D eigenvalue weighted by Crippen LogP contribution is -2.13. The Hall–Kier alpha value is -1.96. The van der Waals surface area contributed by atoms with Crippen molar-refractivity contribution in [2.24, 2.45) is 5.92 Å². The number of aromatic amines is 1. The van der Waals surface area contributed by atoms with Crippen molar-refractivity contribution in [3.05, 3.63) is 16.9 Å². The molecule has 1 saturated carbocycles. The second-order valence-corrected chi connectivity index (χ2v) is 6.47. The maximum atomic E-state index is 12.1. The predicted molar refractivity (Wildman–Crippen MR) is 81.6 cm³/mol. The number of aromatic nitrogens is 4. The molecule has 0 aromatic carbocycles. The van der Waals surface area contributed by atoms with Gasteiger partial charge in [0.25, 0.3) is 5.91 Å². The van der Waals surface area contributed by atoms with Crippen molar-refractivity contribution >= 4 is 28.3 Å². The number of thiazole rings is 1. The molecule has 1 amide bonds. The maximum Gasteiger partial charge on any atom is 0.277 e. The van der Waals surface area contributed by atoms with Crippen LogP contribution in [0.15, 0.2) is 5.38 Å². The SMILES string of the molecule is CC(C)Cc1nc(NC(=O)c2csc(NC3CC3)n2)n[nH]1. The van der Waals surface area contributed by atoms with Gasteiger partial charge in [0.1, 0.15) is 11.5 Å². The van der Waals surface area contributed by atoms with Crippen LogP contribution in [0.3, 0.4) is 0 Å². The van der Waals surface area contributed by atoms with Gasteiger partial charge in [0, 0.05) is 17.8 Å². The predicted octanol–water partition coefficient (Wildman–Crippen LogP) is 2.29. The molecule has 0 bridgehead atoms. The molecule has 2 heterocycles. The van der Waals surface area contributed by atoms with Crippen molar-refractivity contribution < 1.29 is 4.79 Å². The van der Waals surface area contributed by atoms with E-state index in [0.717, 1.165) is 17.4 Å². The number of nitrogens with zero attached hydrogens (tertiary/aromatic N) is 3. The van der Waals surface area contributed by atoms with E-state index < -0.39 is 0 Å². The summed E-state index contributed by atoms with van der Waals surface area (Å²) < 4.78 is 0. The summed E-state index contributed by atoms with van der Waals surface area (Å²) >= 11 is 1.44. The summed E-state index contributed by atoms with van der Waals surface area (Å²) in [6.07, 6.45) is 3.16. The number of rotatable bonds is 6. The molecule has 112 valence electrons. The highest BCUT2D eigenvalue weighted by molar-refractivity contribution is 7.13. The summed E-state index contributed by atoms with van der Waals surface area (Å²) in [6.45, 7) is 4.20. The van der Waals surface area contributed by atoms with Crippen molar-refractivity contribution in [1.29, 1.82) is 0 Å². The molecule has 2 aromatic rings. The van der Waals surface area contributed by atoms with Gasteiger partial charge in [0.2, 0.25) is 5.95 Å². The van der Waals surface area contributed by atoms with Crippen LogP contribution < -0.4 is 10.6 Å². The standard InChI is InChI=1S/C13H18N6OS/c1-7(2)5-10-16-12(19-18-10)17-11(20)9-6-21-13(15-9)14-8-3-4-8/h6-8H,3-5H2,1-2H3,(H,14,15)(H2,16,17,18,19,20). The lowest BCUT2D eigenvalue weighted by Gasteiger charge is -1.99. The van der Waals surface area contributed by atoms with Gasteiger partial charge >= 0.3 is 0 Å². The Kier molecular flexibility index (Phi) is 3.87. The number of hydrogen-bond donors (Lipinski definition) is 3. The Labute approximate surface area is 126 Å². The Bertz CT molecular complexity index is 630. The minimum atomic E-state index is -0.287. The summed E-state index contributed by atoms with van der Waals surface area (Å²) in [5.74, 6) is 1.26. The van der Waals surface area contributed by atoms with Gasteiger partial charge in [0.15, 0.2) is 5.13 Å². The zero-order valence-corrected chi connectivity index (χ0v) is 12.8. The fourth-order valence-corrected chi connectivity index (χ4v) is 2.61. The van der Waals surface area contributed by atoms with Crippen LogP contribution in [-0.2, 0) is 6.42 Å². The minimum absolute atomic E-state index is 0.287. The minimum Gasteiger partial charge on any atom is -0.359 e. The first-order valence-corrected chi connectivity index (χ1v) is 7.93. The number of carbonyl (C=O) groups excluding carboxylic acids is 1. The van der Waals surface area contributed by atoms with Gasteiger partial charge in [-0.3, -0.25) is 15.2 Å². The third kappa shape index (κ3) is 3.78. The average molecular weight is 306 g/mol. The summed E-state index contributed by atoms with van der Waals surface area (Å²) in [4.78, 5) is 20.6. The monoisotopic (exact) mass is 306 g/mol. The fraction of sp³-hybridized carbons (Fsp3) is 0.538. The lowest BCUT2D eigenvalue weighted by molar-refractivity contribution is 0.102. The highest BCUT2D eigenvalue weighted by atomic mass is 32.1. The summed E-state index contributed by atoms with van der Waals surface area (Å²) in [7, 11) is 0. The van der Waals surface area contributed by atoms with E-state index in [0.29, 0.717) is 23.6 Å². The van der Waals surface area contributed by atoms with Crippen LogP contribution in [0, 0.1) is 5.92 Å². The molecule has 3 N–H and O–H groups in total. The molecule has 3 rings (SSSR count). The molecule has 1 aliphatic rings. The van der Waals surface area contributed by atoms with E-state index in [1.54, 1.807) is 5.38 Å². The van der Waals surface area contributed by atoms with Gasteiger partial charge in [-0.15, -0.1) is 16.4 Å². The molecule has 2 aromatic heterocycles. The van der Waals surface area contributed by atoms with Crippen molar-refractivity contribution in [3.63, 3.8) is 0 Å². The molecule has 0 radical (unpaired) electrons. The smallest absolute Gasteiger partial charge is 0.277 e. The van der Waals surface area contributed by atoms with Gasteiger partial charge in [0.05, 0.1) is 0 Å². The van der Waals surface area contributed by atoms with Crippen LogP contribution in [0.25, 0.3) is 0 Å². The van der Waals surface area contributed by atoms with E-state index in [-0.39, 0.29) is 5.91 Å². The van der Waals surface area contributed by atoms with E-state index in [2.05, 4.69) is 44.6 Å². The Morgan fingerprint density at radius 3 is 3.00 bits per heavy atom. The first-order chi connectivity index (χ1) is 10.1. The average Bonchev–Trinajstić information content (AvgIpc) is 2.92. The molecule has 8 heteroatoms. The first-order valence-electron chi connectivity index (χ1n) is 7.05. The molecule has 7 nitrogen and oxygen atoms in total. The maximum absolute atomic E-state index is 12.1. The third-order valence-corrected chi connectivity index (χ3v) is 3.77. The van der Waals surface area contributed by atoms with Crippen molar-refractivity contribution in [2.45, 2.75) is 39.2 Å². The quantitative estimate of drug-likeness (QED) is 0.761. The highest BCUT2D eigenvalue weighted by Crippen LogP contribution is 2.26. The molecule has 0 atom stereocenters. The highest BCUT2D eigenvalue weighted by Gasteiger charge is 2.22. The number of nitrogens with one attached hydrogen (secondary N) is 3. The van der Waals surface area contributed by atoms with E-state index >= 15 is 0 Å². The number of hydrogen-bond acceptors (Lipinski definition) is 6. The molecular formula is C13H18N6OS. The van der Waals surface area contributed by atoms with Gasteiger partial charge in [-0.25, -0.2) is 4.98 Å². The Morgan fingerprint density at radius 1 is 1.48 bits per heavy atom. The van der Waals surface area contributed by atoms with Crippen LogP contribution in [0.4, 0.5) is 11.1 Å². The Morgan fingerprint density at radius 2 is 2.29 bits per heavy atom. The normalized spacial score (nSPS) is 14.4. The zero-order valence-electron chi connectivity index (χ0n) is 12.0. The summed E-state index contributed by atoms with van der Waals surface area (Å²) in [5.41, 5.74) is 0.387. The zero-order chi connectivity index (χ0) is 14.8. The molecule has 1 aliphatic carbocycles. The lowest BCUT2D eigenvalue weighted by atomic mass is 10.1. The number of H-pyrrole nitrogens is 1. The Balaban J connectivity index is 1.59. The molecule has 0 spiro atoms.